The first kappa shape index (κ1) is 13.1. The molecule has 3 aromatic carbocycles. The zero-order valence-corrected chi connectivity index (χ0v) is 12.8. The highest BCUT2D eigenvalue weighted by molar-refractivity contribution is 6.09. The minimum absolute atomic E-state index is 0.333. The number of para-hydroxylation sites is 3. The molecule has 2 aromatic heterocycles. The minimum atomic E-state index is -0.333. The normalized spacial score (nSPS) is 11.5. The van der Waals surface area contributed by atoms with Gasteiger partial charge in [0.2, 0.25) is 0 Å². The van der Waals surface area contributed by atoms with Gasteiger partial charge >= 0.3 is 5.63 Å². The van der Waals surface area contributed by atoms with Gasteiger partial charge in [-0.2, -0.15) is 0 Å². The summed E-state index contributed by atoms with van der Waals surface area (Å²) in [5.41, 5.74) is 2.81. The highest BCUT2D eigenvalue weighted by Gasteiger charge is 2.15. The van der Waals surface area contributed by atoms with Gasteiger partial charge in [-0.15, -0.1) is 0 Å². The second-order valence-electron chi connectivity index (χ2n) is 5.83. The van der Waals surface area contributed by atoms with Crippen LogP contribution >= 0.6 is 0 Å². The van der Waals surface area contributed by atoms with E-state index in [1.54, 1.807) is 0 Å². The molecular weight excluding hydrogens is 298 g/mol. The second kappa shape index (κ2) is 4.83. The van der Waals surface area contributed by atoms with E-state index in [1.165, 1.54) is 0 Å². The molecule has 0 unspecified atom stereocenters. The van der Waals surface area contributed by atoms with Crippen molar-refractivity contribution in [2.24, 2.45) is 0 Å². The molecule has 0 amide bonds. The Hall–Kier alpha value is -3.33. The lowest BCUT2D eigenvalue weighted by Crippen LogP contribution is -2.09. The Morgan fingerprint density at radius 1 is 0.708 bits per heavy atom. The average molecular weight is 311 g/mol. The highest BCUT2D eigenvalue weighted by Crippen LogP contribution is 2.31. The molecule has 0 spiro atoms. The van der Waals surface area contributed by atoms with Crippen molar-refractivity contribution in [1.82, 2.24) is 4.57 Å². The second-order valence-corrected chi connectivity index (χ2v) is 5.83. The maximum atomic E-state index is 12.6. The highest BCUT2D eigenvalue weighted by atomic mass is 16.4. The maximum Gasteiger partial charge on any atom is 0.360 e. The summed E-state index contributed by atoms with van der Waals surface area (Å²) in [4.78, 5) is 12.6. The van der Waals surface area contributed by atoms with Gasteiger partial charge in [0.1, 0.15) is 11.3 Å². The van der Waals surface area contributed by atoms with Crippen LogP contribution in [0.1, 0.15) is 0 Å². The summed E-state index contributed by atoms with van der Waals surface area (Å²) in [6.07, 6.45) is 0. The number of hydrogen-bond donors (Lipinski definition) is 0. The zero-order chi connectivity index (χ0) is 16.1. The molecular formula is C21H13NO2. The minimum Gasteiger partial charge on any atom is -0.421 e. The lowest BCUT2D eigenvalue weighted by molar-refractivity contribution is 0.557. The van der Waals surface area contributed by atoms with Crippen LogP contribution in [-0.4, -0.2) is 4.57 Å². The van der Waals surface area contributed by atoms with Crippen molar-refractivity contribution in [2.75, 3.05) is 0 Å². The number of fused-ring (bicyclic) bond motifs is 4. The van der Waals surface area contributed by atoms with Crippen LogP contribution < -0.4 is 5.63 Å². The number of hydrogen-bond acceptors (Lipinski definition) is 2. The van der Waals surface area contributed by atoms with Crippen LogP contribution in [0.3, 0.4) is 0 Å². The number of rotatable bonds is 1. The van der Waals surface area contributed by atoms with Gasteiger partial charge in [0.05, 0.1) is 11.0 Å². The molecule has 0 aliphatic heterocycles. The van der Waals surface area contributed by atoms with Crippen molar-refractivity contribution in [1.29, 1.82) is 0 Å². The van der Waals surface area contributed by atoms with Gasteiger partial charge in [0.25, 0.3) is 0 Å². The standard InChI is InChI=1S/C21H13NO2/c23-21-19(13-14-7-1-6-12-20(14)24-21)22-17-10-4-2-8-15(17)16-9-3-5-11-18(16)22/h1-13H. The van der Waals surface area contributed by atoms with Crippen LogP contribution in [-0.2, 0) is 0 Å². The monoisotopic (exact) mass is 311 g/mol. The number of aromatic nitrogens is 1. The van der Waals surface area contributed by atoms with Crippen LogP contribution in [0, 0.1) is 0 Å². The molecule has 114 valence electrons. The third-order valence-electron chi connectivity index (χ3n) is 4.44. The summed E-state index contributed by atoms with van der Waals surface area (Å²) in [6.45, 7) is 0. The quantitative estimate of drug-likeness (QED) is 0.413. The van der Waals surface area contributed by atoms with Crippen LogP contribution in [0.15, 0.2) is 88.1 Å². The van der Waals surface area contributed by atoms with E-state index in [2.05, 4.69) is 12.1 Å². The van der Waals surface area contributed by atoms with Crippen molar-refractivity contribution in [2.45, 2.75) is 0 Å². The molecule has 0 fully saturated rings. The predicted molar refractivity (Wildman–Crippen MR) is 96.8 cm³/mol. The van der Waals surface area contributed by atoms with E-state index in [0.29, 0.717) is 11.3 Å². The summed E-state index contributed by atoms with van der Waals surface area (Å²) in [5, 5.41) is 3.16. The lowest BCUT2D eigenvalue weighted by atomic mass is 10.2. The molecule has 3 heteroatoms. The zero-order valence-electron chi connectivity index (χ0n) is 12.8. The van der Waals surface area contributed by atoms with Gasteiger partial charge in [0, 0.05) is 16.2 Å². The Morgan fingerprint density at radius 2 is 1.29 bits per heavy atom. The molecule has 5 rings (SSSR count). The molecule has 0 aliphatic rings. The first-order chi connectivity index (χ1) is 11.8. The molecule has 2 heterocycles. The first-order valence-electron chi connectivity index (χ1n) is 7.84. The Morgan fingerprint density at radius 3 is 2.00 bits per heavy atom. The van der Waals surface area contributed by atoms with Gasteiger partial charge in [-0.3, -0.25) is 0 Å². The fourth-order valence-corrected chi connectivity index (χ4v) is 3.39. The molecule has 0 saturated heterocycles. The van der Waals surface area contributed by atoms with Gasteiger partial charge in [0.15, 0.2) is 0 Å². The largest absolute Gasteiger partial charge is 0.421 e. The van der Waals surface area contributed by atoms with Crippen molar-refractivity contribution in [3.05, 3.63) is 89.3 Å². The van der Waals surface area contributed by atoms with Crippen molar-refractivity contribution in [3.63, 3.8) is 0 Å². The van der Waals surface area contributed by atoms with E-state index in [4.69, 9.17) is 4.42 Å². The summed E-state index contributed by atoms with van der Waals surface area (Å²) in [7, 11) is 0. The van der Waals surface area contributed by atoms with E-state index < -0.39 is 0 Å². The van der Waals surface area contributed by atoms with Gasteiger partial charge in [-0.05, 0) is 24.3 Å². The Labute approximate surface area is 137 Å². The third-order valence-corrected chi connectivity index (χ3v) is 4.44. The van der Waals surface area contributed by atoms with Crippen LogP contribution in [0.4, 0.5) is 0 Å². The van der Waals surface area contributed by atoms with E-state index in [0.717, 1.165) is 27.2 Å². The molecule has 0 bridgehead atoms. The molecule has 0 aliphatic carbocycles. The molecule has 0 saturated carbocycles. The topological polar surface area (TPSA) is 35.1 Å². The maximum absolute atomic E-state index is 12.6. The van der Waals surface area contributed by atoms with E-state index in [1.807, 2.05) is 71.3 Å². The van der Waals surface area contributed by atoms with Crippen LogP contribution in [0.25, 0.3) is 38.5 Å². The van der Waals surface area contributed by atoms with Crippen molar-refractivity contribution in [3.8, 4) is 5.69 Å². The van der Waals surface area contributed by atoms with Crippen LogP contribution in [0.5, 0.6) is 0 Å². The Kier molecular flexibility index (Phi) is 2.65. The third kappa shape index (κ3) is 1.75. The van der Waals surface area contributed by atoms with Gasteiger partial charge < -0.3 is 8.98 Å². The molecule has 0 N–H and O–H groups in total. The van der Waals surface area contributed by atoms with Crippen molar-refractivity contribution < 1.29 is 4.42 Å². The van der Waals surface area contributed by atoms with Gasteiger partial charge in [-0.1, -0.05) is 54.6 Å². The van der Waals surface area contributed by atoms with E-state index in [9.17, 15) is 4.79 Å². The Balaban J connectivity index is 1.99. The molecule has 3 nitrogen and oxygen atoms in total. The molecule has 5 aromatic rings. The first-order valence-corrected chi connectivity index (χ1v) is 7.84. The summed E-state index contributed by atoms with van der Waals surface area (Å²) >= 11 is 0. The summed E-state index contributed by atoms with van der Waals surface area (Å²) < 4.78 is 7.53. The Bertz CT molecular complexity index is 1220. The van der Waals surface area contributed by atoms with Crippen molar-refractivity contribution >= 4 is 32.8 Å². The van der Waals surface area contributed by atoms with E-state index >= 15 is 0 Å². The van der Waals surface area contributed by atoms with Crippen LogP contribution in [0.2, 0.25) is 0 Å². The lowest BCUT2D eigenvalue weighted by Gasteiger charge is -2.07. The predicted octanol–water partition coefficient (Wildman–Crippen LogP) is 4.89. The number of benzene rings is 3. The fourth-order valence-electron chi connectivity index (χ4n) is 3.39. The summed E-state index contributed by atoms with van der Waals surface area (Å²) in [5.74, 6) is 0. The molecule has 24 heavy (non-hydrogen) atoms. The molecule has 0 atom stereocenters. The van der Waals surface area contributed by atoms with Gasteiger partial charge in [-0.25, -0.2) is 4.79 Å². The summed E-state index contributed by atoms with van der Waals surface area (Å²) in [6, 6.07) is 25.7. The average Bonchev–Trinajstić information content (AvgIpc) is 2.96. The fraction of sp³-hybridized carbons (Fsp3) is 0. The molecule has 0 radical (unpaired) electrons. The smallest absolute Gasteiger partial charge is 0.360 e. The SMILES string of the molecule is O=c1oc2ccccc2cc1-n1c2ccccc2c2ccccc21. The van der Waals surface area contributed by atoms with E-state index in [-0.39, 0.29) is 5.63 Å². The number of nitrogens with zero attached hydrogens (tertiary/aromatic N) is 1.